The zero-order valence-corrected chi connectivity index (χ0v) is 11.2. The van der Waals surface area contributed by atoms with Gasteiger partial charge in [0.1, 0.15) is 12.4 Å². The Morgan fingerprint density at radius 2 is 2.00 bits per heavy atom. The second-order valence-corrected chi connectivity index (χ2v) is 4.69. The minimum atomic E-state index is -0.291. The van der Waals surface area contributed by atoms with Crippen molar-refractivity contribution in [3.63, 3.8) is 0 Å². The molecule has 3 nitrogen and oxygen atoms in total. The molecule has 1 aromatic carbocycles. The first-order chi connectivity index (χ1) is 8.63. The molecule has 0 fully saturated rings. The highest BCUT2D eigenvalue weighted by Crippen LogP contribution is 2.12. The number of nitrogens with one attached hydrogen (secondary N) is 1. The minimum absolute atomic E-state index is 0.284. The van der Waals surface area contributed by atoms with E-state index in [1.807, 2.05) is 38.1 Å². The van der Waals surface area contributed by atoms with Gasteiger partial charge in [0.2, 0.25) is 0 Å². The lowest BCUT2D eigenvalue weighted by Gasteiger charge is -2.15. The van der Waals surface area contributed by atoms with Gasteiger partial charge in [0.05, 0.1) is 6.10 Å². The Kier molecular flexibility index (Phi) is 6.47. The third kappa shape index (κ3) is 5.34. The molecule has 2 N–H and O–H groups in total. The van der Waals surface area contributed by atoms with Crippen LogP contribution in [0.3, 0.4) is 0 Å². The van der Waals surface area contributed by atoms with Crippen molar-refractivity contribution in [2.24, 2.45) is 5.92 Å². The molecule has 1 aromatic rings. The molecule has 0 aromatic heterocycles. The van der Waals surface area contributed by atoms with Crippen molar-refractivity contribution in [2.45, 2.75) is 26.5 Å². The molecule has 18 heavy (non-hydrogen) atoms. The molecule has 0 radical (unpaired) electrons. The lowest BCUT2D eigenvalue weighted by Crippen LogP contribution is -2.30. The lowest BCUT2D eigenvalue weighted by atomic mass is 10.1. The van der Waals surface area contributed by atoms with Gasteiger partial charge in [-0.05, 0) is 23.6 Å². The number of rotatable bonds is 8. The molecule has 0 bridgehead atoms. The van der Waals surface area contributed by atoms with Gasteiger partial charge in [-0.2, -0.15) is 0 Å². The van der Waals surface area contributed by atoms with Crippen LogP contribution in [0.15, 0.2) is 36.9 Å². The van der Waals surface area contributed by atoms with E-state index in [4.69, 9.17) is 4.74 Å². The average molecular weight is 249 g/mol. The monoisotopic (exact) mass is 249 g/mol. The van der Waals surface area contributed by atoms with Gasteiger partial charge in [0.15, 0.2) is 0 Å². The highest BCUT2D eigenvalue weighted by Gasteiger charge is 2.07. The summed E-state index contributed by atoms with van der Waals surface area (Å²) in [6.45, 7) is 9.53. The number of benzene rings is 1. The van der Waals surface area contributed by atoms with E-state index in [2.05, 4.69) is 11.9 Å². The van der Waals surface area contributed by atoms with E-state index >= 15 is 0 Å². The predicted octanol–water partition coefficient (Wildman–Crippen LogP) is 2.36. The highest BCUT2D eigenvalue weighted by molar-refractivity contribution is 5.27. The van der Waals surface area contributed by atoms with Crippen LogP contribution >= 0.6 is 0 Å². The fourth-order valence-electron chi connectivity index (χ4n) is 1.46. The molecule has 0 aliphatic carbocycles. The van der Waals surface area contributed by atoms with Crippen LogP contribution in [-0.4, -0.2) is 24.4 Å². The number of ether oxygens (including phenoxy) is 1. The molecule has 0 aliphatic heterocycles. The number of hydrogen-bond donors (Lipinski definition) is 2. The largest absolute Gasteiger partial charge is 0.490 e. The molecule has 0 spiro atoms. The maximum Gasteiger partial charge on any atom is 0.119 e. The van der Waals surface area contributed by atoms with E-state index in [0.717, 1.165) is 12.3 Å². The van der Waals surface area contributed by atoms with Crippen molar-refractivity contribution >= 4 is 0 Å². The van der Waals surface area contributed by atoms with Crippen molar-refractivity contribution in [2.75, 3.05) is 13.2 Å². The van der Waals surface area contributed by atoms with Crippen molar-refractivity contribution in [1.82, 2.24) is 5.32 Å². The van der Waals surface area contributed by atoms with Crippen LogP contribution in [0.5, 0.6) is 5.75 Å². The Morgan fingerprint density at radius 3 is 2.56 bits per heavy atom. The Bertz CT molecular complexity index is 346. The molecule has 3 heteroatoms. The summed E-state index contributed by atoms with van der Waals surface area (Å²) in [5.74, 6) is 1.13. The quantitative estimate of drug-likeness (QED) is 0.695. The molecular formula is C15H23NO2. The van der Waals surface area contributed by atoms with Crippen LogP contribution in [0.25, 0.3) is 0 Å². The first-order valence-electron chi connectivity index (χ1n) is 6.35. The maximum absolute atomic E-state index is 9.65. The second kappa shape index (κ2) is 7.90. The van der Waals surface area contributed by atoms with Gasteiger partial charge >= 0.3 is 0 Å². The van der Waals surface area contributed by atoms with E-state index in [9.17, 15) is 5.11 Å². The van der Waals surface area contributed by atoms with Crippen molar-refractivity contribution in [3.8, 4) is 5.75 Å². The number of aliphatic hydroxyl groups is 1. The summed E-state index contributed by atoms with van der Waals surface area (Å²) in [7, 11) is 0. The third-order valence-corrected chi connectivity index (χ3v) is 2.74. The average Bonchev–Trinajstić information content (AvgIpc) is 2.37. The van der Waals surface area contributed by atoms with E-state index in [1.54, 1.807) is 6.08 Å². The molecule has 0 amide bonds. The summed E-state index contributed by atoms with van der Waals surface area (Å²) in [4.78, 5) is 0. The molecule has 0 saturated heterocycles. The summed E-state index contributed by atoms with van der Waals surface area (Å²) in [6.07, 6.45) is 1.43. The number of aliphatic hydroxyl groups excluding tert-OH is 1. The van der Waals surface area contributed by atoms with E-state index in [1.165, 1.54) is 5.56 Å². The Balaban J connectivity index is 2.32. The molecule has 1 atom stereocenters. The molecule has 0 aliphatic rings. The van der Waals surface area contributed by atoms with Crippen LogP contribution in [0.2, 0.25) is 0 Å². The molecular weight excluding hydrogens is 226 g/mol. The van der Waals surface area contributed by atoms with Gasteiger partial charge in [0.25, 0.3) is 0 Å². The van der Waals surface area contributed by atoms with Crippen molar-refractivity contribution in [1.29, 1.82) is 0 Å². The van der Waals surface area contributed by atoms with Crippen LogP contribution in [0.4, 0.5) is 0 Å². The highest BCUT2D eigenvalue weighted by atomic mass is 16.5. The summed E-state index contributed by atoms with van der Waals surface area (Å²) < 4.78 is 5.41. The normalized spacial score (nSPS) is 12.4. The summed E-state index contributed by atoms with van der Waals surface area (Å²) in [5.41, 5.74) is 1.18. The molecule has 1 unspecified atom stereocenters. The van der Waals surface area contributed by atoms with Crippen LogP contribution < -0.4 is 10.1 Å². The first kappa shape index (κ1) is 14.7. The maximum atomic E-state index is 9.65. The SMILES string of the molecule is C=CCOc1ccc(CNCC(O)C(C)C)cc1. The van der Waals surface area contributed by atoms with Crippen molar-refractivity contribution in [3.05, 3.63) is 42.5 Å². The first-order valence-corrected chi connectivity index (χ1v) is 6.35. The Morgan fingerprint density at radius 1 is 1.33 bits per heavy atom. The van der Waals surface area contributed by atoms with Gasteiger partial charge in [-0.1, -0.05) is 38.6 Å². The summed E-state index contributed by atoms with van der Waals surface area (Å²) in [6, 6.07) is 7.93. The third-order valence-electron chi connectivity index (χ3n) is 2.74. The molecule has 1 rings (SSSR count). The van der Waals surface area contributed by atoms with Gasteiger partial charge in [-0.3, -0.25) is 0 Å². The Labute approximate surface area is 109 Å². The van der Waals surface area contributed by atoms with E-state index in [-0.39, 0.29) is 12.0 Å². The van der Waals surface area contributed by atoms with Crippen molar-refractivity contribution < 1.29 is 9.84 Å². The van der Waals surface area contributed by atoms with Gasteiger partial charge < -0.3 is 15.2 Å². The van der Waals surface area contributed by atoms with Gasteiger partial charge in [0, 0.05) is 13.1 Å². The zero-order chi connectivity index (χ0) is 13.4. The second-order valence-electron chi connectivity index (χ2n) is 4.69. The smallest absolute Gasteiger partial charge is 0.119 e. The van der Waals surface area contributed by atoms with Crippen LogP contribution in [-0.2, 0) is 6.54 Å². The van der Waals surface area contributed by atoms with Gasteiger partial charge in [-0.25, -0.2) is 0 Å². The molecule has 0 heterocycles. The lowest BCUT2D eigenvalue weighted by molar-refractivity contribution is 0.123. The summed E-state index contributed by atoms with van der Waals surface area (Å²) in [5, 5.41) is 12.9. The minimum Gasteiger partial charge on any atom is -0.490 e. The van der Waals surface area contributed by atoms with Gasteiger partial charge in [-0.15, -0.1) is 0 Å². The fraction of sp³-hybridized carbons (Fsp3) is 0.467. The molecule has 100 valence electrons. The Hall–Kier alpha value is -1.32. The van der Waals surface area contributed by atoms with E-state index < -0.39 is 0 Å². The predicted molar refractivity (Wildman–Crippen MR) is 74.7 cm³/mol. The summed E-state index contributed by atoms with van der Waals surface area (Å²) >= 11 is 0. The zero-order valence-electron chi connectivity index (χ0n) is 11.2. The standard InChI is InChI=1S/C15H23NO2/c1-4-9-18-14-7-5-13(6-8-14)10-16-11-15(17)12(2)3/h4-8,12,15-17H,1,9-11H2,2-3H3. The van der Waals surface area contributed by atoms with E-state index in [0.29, 0.717) is 13.2 Å². The van der Waals surface area contributed by atoms with Crippen LogP contribution in [0.1, 0.15) is 19.4 Å². The van der Waals surface area contributed by atoms with Crippen LogP contribution in [0, 0.1) is 5.92 Å². The topological polar surface area (TPSA) is 41.5 Å². The fourth-order valence-corrected chi connectivity index (χ4v) is 1.46. The number of hydrogen-bond acceptors (Lipinski definition) is 3. The molecule has 0 saturated carbocycles.